The zero-order chi connectivity index (χ0) is 22.0. The van der Waals surface area contributed by atoms with Crippen molar-refractivity contribution in [2.45, 2.75) is 50.5 Å². The van der Waals surface area contributed by atoms with Crippen LogP contribution in [0.15, 0.2) is 59.6 Å². The summed E-state index contributed by atoms with van der Waals surface area (Å²) >= 11 is 0. The molecule has 4 rings (SSSR count). The topological polar surface area (TPSA) is 93.1 Å². The monoisotopic (exact) mass is 438 g/mol. The second-order valence-electron chi connectivity index (χ2n) is 8.01. The molecule has 7 nitrogen and oxygen atoms in total. The van der Waals surface area contributed by atoms with E-state index in [1.807, 2.05) is 17.7 Å². The van der Waals surface area contributed by atoms with Gasteiger partial charge in [-0.15, -0.1) is 0 Å². The van der Waals surface area contributed by atoms with Crippen LogP contribution in [0.4, 0.5) is 11.5 Å². The SMILES string of the molecule is Cc1ccc(C)c(S(=O)(=O)Nc2cccc(C(=O)Nc3ccnn3C3CCCC3)c2)c1. The smallest absolute Gasteiger partial charge is 0.262 e. The van der Waals surface area contributed by atoms with E-state index < -0.39 is 10.0 Å². The molecule has 1 aromatic heterocycles. The molecule has 162 valence electrons. The fraction of sp³-hybridized carbons (Fsp3) is 0.304. The van der Waals surface area contributed by atoms with Crippen molar-refractivity contribution in [3.8, 4) is 0 Å². The summed E-state index contributed by atoms with van der Waals surface area (Å²) < 4.78 is 30.2. The molecule has 2 N–H and O–H groups in total. The van der Waals surface area contributed by atoms with E-state index >= 15 is 0 Å². The van der Waals surface area contributed by atoms with Crippen molar-refractivity contribution in [1.82, 2.24) is 9.78 Å². The Kier molecular flexibility index (Phi) is 5.82. The van der Waals surface area contributed by atoms with E-state index in [-0.39, 0.29) is 10.8 Å². The standard InChI is InChI=1S/C23H26N4O3S/c1-16-10-11-17(2)21(14-16)31(29,30)26-19-7-5-6-18(15-19)23(28)25-22-12-13-24-27(22)20-8-3-4-9-20/h5-7,10-15,20,26H,3-4,8-9H2,1-2H3,(H,25,28). The first-order valence-electron chi connectivity index (χ1n) is 10.4. The fourth-order valence-electron chi connectivity index (χ4n) is 3.97. The average molecular weight is 439 g/mol. The lowest BCUT2D eigenvalue weighted by atomic mass is 10.2. The number of sulfonamides is 1. The van der Waals surface area contributed by atoms with Gasteiger partial charge >= 0.3 is 0 Å². The van der Waals surface area contributed by atoms with Crippen LogP contribution in [0.5, 0.6) is 0 Å². The first kappa shape index (κ1) is 21.1. The van der Waals surface area contributed by atoms with E-state index in [0.717, 1.165) is 18.4 Å². The van der Waals surface area contributed by atoms with Crippen LogP contribution in [0.3, 0.4) is 0 Å². The summed E-state index contributed by atoms with van der Waals surface area (Å²) in [6, 6.07) is 13.8. The maximum atomic E-state index is 12.9. The van der Waals surface area contributed by atoms with Crippen molar-refractivity contribution in [2.75, 3.05) is 10.0 Å². The van der Waals surface area contributed by atoms with Crippen molar-refractivity contribution in [1.29, 1.82) is 0 Å². The van der Waals surface area contributed by atoms with Crippen LogP contribution < -0.4 is 10.0 Å². The predicted molar refractivity (Wildman–Crippen MR) is 121 cm³/mol. The van der Waals surface area contributed by atoms with E-state index in [1.54, 1.807) is 49.5 Å². The number of nitrogens with one attached hydrogen (secondary N) is 2. The molecule has 0 radical (unpaired) electrons. The van der Waals surface area contributed by atoms with E-state index in [0.29, 0.717) is 28.7 Å². The summed E-state index contributed by atoms with van der Waals surface area (Å²) in [6.07, 6.45) is 6.13. The molecule has 0 unspecified atom stereocenters. The van der Waals surface area contributed by atoms with Crippen LogP contribution in [0.1, 0.15) is 53.2 Å². The predicted octanol–water partition coefficient (Wildman–Crippen LogP) is 4.67. The number of rotatable bonds is 6. The number of anilines is 2. The van der Waals surface area contributed by atoms with Crippen LogP contribution in [0.2, 0.25) is 0 Å². The summed E-state index contributed by atoms with van der Waals surface area (Å²) in [6.45, 7) is 3.60. The molecule has 0 spiro atoms. The number of hydrogen-bond donors (Lipinski definition) is 2. The molecule has 1 aliphatic carbocycles. The van der Waals surface area contributed by atoms with Gasteiger partial charge in [-0.2, -0.15) is 5.10 Å². The van der Waals surface area contributed by atoms with Gasteiger partial charge in [0.15, 0.2) is 0 Å². The number of carbonyl (C=O) groups excluding carboxylic acids is 1. The molecule has 0 bridgehead atoms. The highest BCUT2D eigenvalue weighted by atomic mass is 32.2. The summed E-state index contributed by atoms with van der Waals surface area (Å²) in [5.74, 6) is 0.339. The molecule has 1 aliphatic rings. The second kappa shape index (κ2) is 8.55. The van der Waals surface area contributed by atoms with E-state index in [9.17, 15) is 13.2 Å². The summed E-state index contributed by atoms with van der Waals surface area (Å²) in [7, 11) is -3.77. The zero-order valence-corrected chi connectivity index (χ0v) is 18.4. The molecule has 1 amide bonds. The largest absolute Gasteiger partial charge is 0.307 e. The van der Waals surface area contributed by atoms with Crippen molar-refractivity contribution < 1.29 is 13.2 Å². The number of nitrogens with zero attached hydrogens (tertiary/aromatic N) is 2. The molecule has 0 aliphatic heterocycles. The number of carbonyl (C=O) groups is 1. The quantitative estimate of drug-likeness (QED) is 0.585. The number of benzene rings is 2. The normalized spacial score (nSPS) is 14.5. The lowest BCUT2D eigenvalue weighted by Gasteiger charge is -2.15. The Morgan fingerprint density at radius 2 is 1.84 bits per heavy atom. The first-order valence-corrected chi connectivity index (χ1v) is 11.9. The lowest BCUT2D eigenvalue weighted by Crippen LogP contribution is -2.18. The van der Waals surface area contributed by atoms with Gasteiger partial charge in [0, 0.05) is 17.3 Å². The summed E-state index contributed by atoms with van der Waals surface area (Å²) in [5.41, 5.74) is 2.21. The highest BCUT2D eigenvalue weighted by molar-refractivity contribution is 7.92. The molecule has 1 heterocycles. The molecule has 0 saturated heterocycles. The lowest BCUT2D eigenvalue weighted by molar-refractivity contribution is 0.102. The van der Waals surface area contributed by atoms with Gasteiger partial charge in [0.25, 0.3) is 15.9 Å². The maximum Gasteiger partial charge on any atom is 0.262 e. The van der Waals surface area contributed by atoms with Gasteiger partial charge in [0.2, 0.25) is 0 Å². The Labute approximate surface area is 182 Å². The summed E-state index contributed by atoms with van der Waals surface area (Å²) in [5, 5.41) is 7.28. The second-order valence-corrected chi connectivity index (χ2v) is 9.66. The Morgan fingerprint density at radius 3 is 2.61 bits per heavy atom. The van der Waals surface area contributed by atoms with E-state index in [4.69, 9.17) is 0 Å². The number of hydrogen-bond acceptors (Lipinski definition) is 4. The number of aromatic nitrogens is 2. The molecule has 1 fully saturated rings. The number of amides is 1. The van der Waals surface area contributed by atoms with Crippen molar-refractivity contribution in [3.63, 3.8) is 0 Å². The third kappa shape index (κ3) is 4.64. The molecule has 0 atom stereocenters. The highest BCUT2D eigenvalue weighted by Gasteiger charge is 2.21. The first-order chi connectivity index (χ1) is 14.8. The zero-order valence-electron chi connectivity index (χ0n) is 17.6. The molecule has 31 heavy (non-hydrogen) atoms. The summed E-state index contributed by atoms with van der Waals surface area (Å²) in [4.78, 5) is 13.1. The highest BCUT2D eigenvalue weighted by Crippen LogP contribution is 2.31. The molecular weight excluding hydrogens is 412 g/mol. The average Bonchev–Trinajstić information content (AvgIpc) is 3.41. The van der Waals surface area contributed by atoms with Gasteiger partial charge in [-0.1, -0.05) is 31.0 Å². The minimum absolute atomic E-state index is 0.225. The van der Waals surface area contributed by atoms with Gasteiger partial charge in [-0.25, -0.2) is 13.1 Å². The Hall–Kier alpha value is -3.13. The van der Waals surface area contributed by atoms with Gasteiger partial charge in [0.1, 0.15) is 5.82 Å². The third-order valence-electron chi connectivity index (χ3n) is 5.59. The molecule has 8 heteroatoms. The number of aryl methyl sites for hydroxylation is 2. The van der Waals surface area contributed by atoms with Crippen molar-refractivity contribution in [3.05, 3.63) is 71.4 Å². The van der Waals surface area contributed by atoms with Gasteiger partial charge in [-0.3, -0.25) is 9.52 Å². The molecule has 3 aromatic rings. The Balaban J connectivity index is 1.53. The molecule has 1 saturated carbocycles. The Bertz CT molecular complexity index is 1210. The van der Waals surface area contributed by atoms with Crippen LogP contribution in [0, 0.1) is 13.8 Å². The maximum absolute atomic E-state index is 12.9. The van der Waals surface area contributed by atoms with Gasteiger partial charge in [-0.05, 0) is 62.1 Å². The van der Waals surface area contributed by atoms with Crippen LogP contribution >= 0.6 is 0 Å². The fourth-order valence-corrected chi connectivity index (χ4v) is 5.35. The minimum Gasteiger partial charge on any atom is -0.307 e. The van der Waals surface area contributed by atoms with Gasteiger partial charge in [0.05, 0.1) is 17.1 Å². The van der Waals surface area contributed by atoms with E-state index in [1.165, 1.54) is 18.9 Å². The van der Waals surface area contributed by atoms with Gasteiger partial charge < -0.3 is 5.32 Å². The van der Waals surface area contributed by atoms with E-state index in [2.05, 4.69) is 15.1 Å². The van der Waals surface area contributed by atoms with Crippen LogP contribution in [-0.4, -0.2) is 24.1 Å². The van der Waals surface area contributed by atoms with Crippen LogP contribution in [0.25, 0.3) is 0 Å². The van der Waals surface area contributed by atoms with Crippen molar-refractivity contribution in [2.24, 2.45) is 0 Å². The minimum atomic E-state index is -3.77. The Morgan fingerprint density at radius 1 is 1.06 bits per heavy atom. The van der Waals surface area contributed by atoms with Crippen LogP contribution in [-0.2, 0) is 10.0 Å². The third-order valence-corrected chi connectivity index (χ3v) is 7.12. The molecule has 2 aromatic carbocycles. The molecular formula is C23H26N4O3S. The van der Waals surface area contributed by atoms with Crippen molar-refractivity contribution >= 4 is 27.4 Å².